The van der Waals surface area contributed by atoms with Gasteiger partial charge in [0, 0.05) is 50.1 Å². The van der Waals surface area contributed by atoms with Gasteiger partial charge in [-0.15, -0.1) is 11.3 Å². The Morgan fingerprint density at radius 2 is 1.97 bits per heavy atom. The van der Waals surface area contributed by atoms with Gasteiger partial charge < -0.3 is 9.88 Å². The van der Waals surface area contributed by atoms with E-state index in [0.717, 1.165) is 24.3 Å². The minimum absolute atomic E-state index is 0.0158. The zero-order chi connectivity index (χ0) is 21.3. The fourth-order valence-corrected chi connectivity index (χ4v) is 6.74. The quantitative estimate of drug-likeness (QED) is 0.723. The molecule has 2 aromatic heterocycles. The number of amides is 1. The van der Waals surface area contributed by atoms with Crippen LogP contribution in [0, 0.1) is 12.8 Å². The molecule has 0 unspecified atom stereocenters. The van der Waals surface area contributed by atoms with Crippen molar-refractivity contribution in [2.45, 2.75) is 56.9 Å². The van der Waals surface area contributed by atoms with E-state index in [1.807, 2.05) is 0 Å². The number of sulfonamides is 1. The maximum Gasteiger partial charge on any atom is 0.262 e. The summed E-state index contributed by atoms with van der Waals surface area (Å²) in [5.74, 6) is 0.525. The molecule has 0 aromatic carbocycles. The van der Waals surface area contributed by atoms with Gasteiger partial charge in [-0.1, -0.05) is 0 Å². The first-order valence-corrected chi connectivity index (χ1v) is 12.9. The van der Waals surface area contributed by atoms with Crippen LogP contribution in [0.2, 0.25) is 0 Å². The van der Waals surface area contributed by atoms with Crippen LogP contribution in [0.15, 0.2) is 11.2 Å². The van der Waals surface area contributed by atoms with Crippen molar-refractivity contribution in [2.75, 3.05) is 19.6 Å². The van der Waals surface area contributed by atoms with Gasteiger partial charge in [0.1, 0.15) is 5.82 Å². The van der Waals surface area contributed by atoms with Gasteiger partial charge in [0.15, 0.2) is 5.03 Å². The monoisotopic (exact) mass is 451 g/mol. The number of imidazole rings is 1. The number of carbonyl (C=O) groups is 1. The summed E-state index contributed by atoms with van der Waals surface area (Å²) in [6.07, 6.45) is 8.05. The molecule has 164 valence electrons. The number of aryl methyl sites for hydroxylation is 4. The summed E-state index contributed by atoms with van der Waals surface area (Å²) >= 11 is 1.78. The van der Waals surface area contributed by atoms with E-state index in [-0.39, 0.29) is 16.9 Å². The number of fused-ring (bicyclic) bond motifs is 1. The summed E-state index contributed by atoms with van der Waals surface area (Å²) in [5.41, 5.74) is 1.25. The molecule has 1 N–H and O–H groups in total. The van der Waals surface area contributed by atoms with Crippen LogP contribution in [0.3, 0.4) is 0 Å². The van der Waals surface area contributed by atoms with Crippen molar-refractivity contribution in [1.82, 2.24) is 24.2 Å². The third-order valence-corrected chi connectivity index (χ3v) is 9.03. The summed E-state index contributed by atoms with van der Waals surface area (Å²) in [6.45, 7) is 3.04. The Hall–Kier alpha value is -1.78. The molecule has 1 aliphatic carbocycles. The highest BCUT2D eigenvalue weighted by molar-refractivity contribution is 7.89. The Kier molecular flexibility index (Phi) is 6.26. The van der Waals surface area contributed by atoms with Crippen LogP contribution in [-0.4, -0.2) is 52.8 Å². The number of rotatable bonds is 6. The number of nitrogens with zero attached hydrogens (tertiary/aromatic N) is 4. The maximum absolute atomic E-state index is 12.8. The number of aromatic nitrogens is 3. The molecule has 3 heterocycles. The van der Waals surface area contributed by atoms with Gasteiger partial charge >= 0.3 is 0 Å². The summed E-state index contributed by atoms with van der Waals surface area (Å²) in [7, 11) is -1.83. The van der Waals surface area contributed by atoms with Crippen molar-refractivity contribution in [2.24, 2.45) is 13.0 Å². The molecule has 30 heavy (non-hydrogen) atoms. The van der Waals surface area contributed by atoms with E-state index >= 15 is 0 Å². The van der Waals surface area contributed by atoms with Crippen molar-refractivity contribution < 1.29 is 13.2 Å². The zero-order valence-corrected chi connectivity index (χ0v) is 19.2. The van der Waals surface area contributed by atoms with Gasteiger partial charge in [0.25, 0.3) is 10.0 Å². The molecule has 0 radical (unpaired) electrons. The molecule has 1 saturated heterocycles. The smallest absolute Gasteiger partial charge is 0.262 e. The predicted octanol–water partition coefficient (Wildman–Crippen LogP) is 1.82. The van der Waals surface area contributed by atoms with Crippen LogP contribution in [-0.2, 0) is 41.1 Å². The highest BCUT2D eigenvalue weighted by atomic mass is 32.2. The minimum atomic E-state index is -3.60. The lowest BCUT2D eigenvalue weighted by atomic mass is 9.97. The SMILES string of the molecule is Cc1nc(S(=O)(=O)N2CCC(C(=O)NCCc3nc4c(s3)CCCC4)CC2)cn1C. The molecule has 0 spiro atoms. The third-order valence-electron chi connectivity index (χ3n) is 6.04. The van der Waals surface area contributed by atoms with E-state index in [0.29, 0.717) is 38.3 Å². The van der Waals surface area contributed by atoms with Crippen LogP contribution in [0.4, 0.5) is 0 Å². The van der Waals surface area contributed by atoms with E-state index in [9.17, 15) is 13.2 Å². The first-order valence-electron chi connectivity index (χ1n) is 10.6. The Bertz CT molecular complexity index is 976. The predicted molar refractivity (Wildman–Crippen MR) is 115 cm³/mol. The first-order chi connectivity index (χ1) is 14.3. The minimum Gasteiger partial charge on any atom is -0.355 e. The second-order valence-corrected chi connectivity index (χ2v) is 11.2. The molecule has 8 nitrogen and oxygen atoms in total. The molecule has 0 saturated carbocycles. The lowest BCUT2D eigenvalue weighted by Crippen LogP contribution is -2.43. The van der Waals surface area contributed by atoms with Crippen LogP contribution in [0.25, 0.3) is 0 Å². The molecule has 2 aliphatic rings. The standard InChI is InChI=1S/C20H29N5O3S2/c1-14-22-19(13-24(14)2)30(27,28)25-11-8-15(9-12-25)20(26)21-10-7-18-23-16-5-3-4-6-17(16)29-18/h13,15H,3-12H2,1-2H3,(H,21,26). The Morgan fingerprint density at radius 1 is 1.23 bits per heavy atom. The Morgan fingerprint density at radius 3 is 2.63 bits per heavy atom. The van der Waals surface area contributed by atoms with Crippen LogP contribution >= 0.6 is 11.3 Å². The number of piperidine rings is 1. The van der Waals surface area contributed by atoms with Gasteiger partial charge in [0.2, 0.25) is 5.91 Å². The fourth-order valence-electron chi connectivity index (χ4n) is 4.09. The average molecular weight is 452 g/mol. The highest BCUT2D eigenvalue weighted by Crippen LogP contribution is 2.27. The number of carbonyl (C=O) groups excluding carboxylic acids is 1. The zero-order valence-electron chi connectivity index (χ0n) is 17.6. The number of hydrogen-bond acceptors (Lipinski definition) is 6. The lowest BCUT2D eigenvalue weighted by molar-refractivity contribution is -0.126. The second-order valence-electron chi connectivity index (χ2n) is 8.14. The topological polar surface area (TPSA) is 97.2 Å². The highest BCUT2D eigenvalue weighted by Gasteiger charge is 2.33. The lowest BCUT2D eigenvalue weighted by Gasteiger charge is -2.29. The van der Waals surface area contributed by atoms with Crippen molar-refractivity contribution in [3.05, 3.63) is 27.6 Å². The van der Waals surface area contributed by atoms with Gasteiger partial charge in [0.05, 0.1) is 10.7 Å². The number of nitrogens with one attached hydrogen (secondary N) is 1. The van der Waals surface area contributed by atoms with Gasteiger partial charge in [-0.3, -0.25) is 4.79 Å². The van der Waals surface area contributed by atoms with Gasteiger partial charge in [-0.25, -0.2) is 18.4 Å². The molecular weight excluding hydrogens is 422 g/mol. The molecule has 0 atom stereocenters. The maximum atomic E-state index is 12.8. The number of thiazole rings is 1. The summed E-state index contributed by atoms with van der Waals surface area (Å²) in [4.78, 5) is 22.8. The van der Waals surface area contributed by atoms with E-state index < -0.39 is 10.0 Å². The van der Waals surface area contributed by atoms with Crippen molar-refractivity contribution in [3.63, 3.8) is 0 Å². The van der Waals surface area contributed by atoms with Gasteiger partial charge in [-0.2, -0.15) is 4.31 Å². The molecular formula is C20H29N5O3S2. The Labute approximate surface area is 181 Å². The van der Waals surface area contributed by atoms with Crippen molar-refractivity contribution in [3.8, 4) is 0 Å². The second kappa shape index (κ2) is 8.76. The summed E-state index contributed by atoms with van der Waals surface area (Å²) < 4.78 is 28.7. The summed E-state index contributed by atoms with van der Waals surface area (Å²) in [6, 6.07) is 0. The molecule has 2 aromatic rings. The fraction of sp³-hybridized carbons (Fsp3) is 0.650. The van der Waals surface area contributed by atoms with Crippen LogP contribution in [0.5, 0.6) is 0 Å². The van der Waals surface area contributed by atoms with Crippen molar-refractivity contribution in [1.29, 1.82) is 0 Å². The number of hydrogen-bond donors (Lipinski definition) is 1. The normalized spacial score (nSPS) is 18.3. The Balaban J connectivity index is 1.25. The molecule has 1 amide bonds. The van der Waals surface area contributed by atoms with Crippen molar-refractivity contribution >= 4 is 27.3 Å². The third kappa shape index (κ3) is 4.45. The summed E-state index contributed by atoms with van der Waals surface area (Å²) in [5, 5.41) is 4.21. The van der Waals surface area contributed by atoms with Crippen LogP contribution in [0.1, 0.15) is 47.1 Å². The molecule has 1 aliphatic heterocycles. The van der Waals surface area contributed by atoms with E-state index in [1.54, 1.807) is 36.1 Å². The average Bonchev–Trinajstić information content (AvgIpc) is 3.31. The van der Waals surface area contributed by atoms with Crippen LogP contribution < -0.4 is 5.32 Å². The van der Waals surface area contributed by atoms with Gasteiger partial charge in [-0.05, 0) is 45.4 Å². The molecule has 0 bridgehead atoms. The molecule has 4 rings (SSSR count). The van der Waals surface area contributed by atoms with E-state index in [1.165, 1.54) is 27.7 Å². The first kappa shape index (κ1) is 21.5. The van der Waals surface area contributed by atoms with E-state index in [4.69, 9.17) is 4.98 Å². The molecule has 1 fully saturated rings. The largest absolute Gasteiger partial charge is 0.355 e. The van der Waals surface area contributed by atoms with E-state index in [2.05, 4.69) is 10.3 Å². The molecule has 10 heteroatoms.